The molecule has 1 atom stereocenters. The number of fused-ring (bicyclic) bond motifs is 1. The van der Waals surface area contributed by atoms with Gasteiger partial charge >= 0.3 is 0 Å². The van der Waals surface area contributed by atoms with Crippen LogP contribution in [0.15, 0.2) is 79.4 Å². The minimum Gasteiger partial charge on any atom is -0.384 e. The molecule has 2 heterocycles. The zero-order valence-corrected chi connectivity index (χ0v) is 13.0. The minimum absolute atomic E-state index is 0.669. The average Bonchev–Trinajstić information content (AvgIpc) is 3.01. The van der Waals surface area contributed by atoms with Crippen molar-refractivity contribution in [1.29, 1.82) is 0 Å². The van der Waals surface area contributed by atoms with E-state index in [4.69, 9.17) is 0 Å². The number of aliphatic hydroxyl groups is 1. The molecule has 2 aromatic heterocycles. The van der Waals surface area contributed by atoms with Crippen LogP contribution in [0.1, 0.15) is 28.4 Å². The highest BCUT2D eigenvalue weighted by atomic mass is 16.3. The molecule has 0 aliphatic heterocycles. The van der Waals surface area contributed by atoms with Crippen molar-refractivity contribution in [3.8, 4) is 0 Å². The van der Waals surface area contributed by atoms with E-state index in [-0.39, 0.29) is 0 Å². The van der Waals surface area contributed by atoms with E-state index in [2.05, 4.69) is 34.3 Å². The predicted molar refractivity (Wildman–Crippen MR) is 95.7 cm³/mol. The molecule has 1 aliphatic carbocycles. The summed E-state index contributed by atoms with van der Waals surface area (Å²) < 4.78 is 0. The molecule has 0 radical (unpaired) electrons. The highest BCUT2D eigenvalue weighted by Gasteiger charge is 2.24. The lowest BCUT2D eigenvalue weighted by atomic mass is 9.97. The maximum absolute atomic E-state index is 10.8. The average molecular weight is 312 g/mol. The molecule has 116 valence electrons. The molecule has 24 heavy (non-hydrogen) atoms. The summed E-state index contributed by atoms with van der Waals surface area (Å²) in [4.78, 5) is 8.08. The van der Waals surface area contributed by atoms with E-state index in [1.54, 1.807) is 24.8 Å². The first kappa shape index (κ1) is 14.5. The molecule has 1 unspecified atom stereocenters. The first-order valence-electron chi connectivity index (χ1n) is 7.84. The summed E-state index contributed by atoms with van der Waals surface area (Å²) in [7, 11) is 0. The Bertz CT molecular complexity index is 915. The highest BCUT2D eigenvalue weighted by molar-refractivity contribution is 6.02. The number of nitrogens with zero attached hydrogens (tertiary/aromatic N) is 2. The quantitative estimate of drug-likeness (QED) is 0.790. The summed E-state index contributed by atoms with van der Waals surface area (Å²) in [5, 5.41) is 10.8. The van der Waals surface area contributed by atoms with Gasteiger partial charge in [-0.2, -0.15) is 0 Å². The first-order valence-corrected chi connectivity index (χ1v) is 7.84. The molecule has 3 nitrogen and oxygen atoms in total. The molecule has 4 rings (SSSR count). The number of rotatable bonds is 3. The van der Waals surface area contributed by atoms with Gasteiger partial charge in [0.2, 0.25) is 0 Å². The van der Waals surface area contributed by atoms with Crippen LogP contribution in [0, 0.1) is 0 Å². The van der Waals surface area contributed by atoms with Gasteiger partial charge in [0.05, 0.1) is 0 Å². The van der Waals surface area contributed by atoms with Gasteiger partial charge in [-0.1, -0.05) is 24.3 Å². The van der Waals surface area contributed by atoms with Crippen LogP contribution in [0.25, 0.3) is 17.2 Å². The molecular formula is C21H16N2O. The summed E-state index contributed by atoms with van der Waals surface area (Å²) in [5.74, 6) is 0. The maximum atomic E-state index is 10.8. The van der Waals surface area contributed by atoms with Crippen LogP contribution in [-0.2, 0) is 0 Å². The molecule has 0 fully saturated rings. The molecule has 0 spiro atoms. The third-order valence-corrected chi connectivity index (χ3v) is 4.20. The van der Waals surface area contributed by atoms with E-state index in [1.807, 2.05) is 36.4 Å². The molecule has 0 saturated carbocycles. The number of aromatic nitrogens is 2. The van der Waals surface area contributed by atoms with Crippen LogP contribution in [-0.4, -0.2) is 15.1 Å². The largest absolute Gasteiger partial charge is 0.384 e. The van der Waals surface area contributed by atoms with Gasteiger partial charge in [0.15, 0.2) is 0 Å². The van der Waals surface area contributed by atoms with Gasteiger partial charge in [-0.15, -0.1) is 0 Å². The Morgan fingerprint density at radius 3 is 2.12 bits per heavy atom. The second-order valence-corrected chi connectivity index (χ2v) is 5.71. The van der Waals surface area contributed by atoms with Crippen molar-refractivity contribution in [2.45, 2.75) is 6.10 Å². The minimum atomic E-state index is -0.669. The van der Waals surface area contributed by atoms with Gasteiger partial charge in [-0.3, -0.25) is 9.97 Å². The van der Waals surface area contributed by atoms with E-state index in [1.165, 1.54) is 0 Å². The Hall–Kier alpha value is -3.04. The normalized spacial score (nSPS) is 15.9. The smallest absolute Gasteiger partial charge is 0.105 e. The van der Waals surface area contributed by atoms with Crippen LogP contribution in [0.5, 0.6) is 0 Å². The predicted octanol–water partition coefficient (Wildman–Crippen LogP) is 4.15. The number of hydrogen-bond acceptors (Lipinski definition) is 3. The lowest BCUT2D eigenvalue weighted by molar-refractivity contribution is 0.238. The first-order chi connectivity index (χ1) is 11.8. The Morgan fingerprint density at radius 1 is 0.792 bits per heavy atom. The maximum Gasteiger partial charge on any atom is 0.105 e. The summed E-state index contributed by atoms with van der Waals surface area (Å²) in [6, 6.07) is 15.8. The number of pyridine rings is 2. The number of benzene rings is 1. The van der Waals surface area contributed by atoms with Crippen molar-refractivity contribution in [2.24, 2.45) is 0 Å². The van der Waals surface area contributed by atoms with E-state index in [0.717, 1.165) is 33.4 Å². The van der Waals surface area contributed by atoms with Crippen LogP contribution in [0.2, 0.25) is 0 Å². The van der Waals surface area contributed by atoms with Crippen LogP contribution in [0.4, 0.5) is 0 Å². The van der Waals surface area contributed by atoms with E-state index >= 15 is 0 Å². The van der Waals surface area contributed by atoms with Gasteiger partial charge in [0.1, 0.15) is 6.10 Å². The molecular weight excluding hydrogens is 296 g/mol. The lowest BCUT2D eigenvalue weighted by Gasteiger charge is -2.13. The Morgan fingerprint density at radius 2 is 1.42 bits per heavy atom. The van der Waals surface area contributed by atoms with Crippen molar-refractivity contribution in [1.82, 2.24) is 9.97 Å². The fourth-order valence-corrected chi connectivity index (χ4v) is 3.02. The van der Waals surface area contributed by atoms with Gasteiger partial charge in [0.25, 0.3) is 0 Å². The summed E-state index contributed by atoms with van der Waals surface area (Å²) in [6.07, 6.45) is 10.5. The molecule has 3 heteroatoms. The standard InChI is InChI=1S/C21H16N2O/c24-21(16-7-11-23-12-8-16)20-14-17(13-15-5-9-22-10-6-15)18-3-1-2-4-19(18)20/h1-14,21,24H/b17-13-. The van der Waals surface area contributed by atoms with Gasteiger partial charge < -0.3 is 5.11 Å². The second kappa shape index (κ2) is 6.22. The zero-order valence-electron chi connectivity index (χ0n) is 13.0. The molecule has 1 aliphatic rings. The van der Waals surface area contributed by atoms with Crippen molar-refractivity contribution >= 4 is 17.2 Å². The van der Waals surface area contributed by atoms with Crippen LogP contribution < -0.4 is 0 Å². The van der Waals surface area contributed by atoms with E-state index < -0.39 is 6.10 Å². The molecule has 0 bridgehead atoms. The second-order valence-electron chi connectivity index (χ2n) is 5.71. The summed E-state index contributed by atoms with van der Waals surface area (Å²) in [6.45, 7) is 0. The van der Waals surface area contributed by atoms with Gasteiger partial charge in [0, 0.05) is 24.8 Å². The van der Waals surface area contributed by atoms with E-state index in [0.29, 0.717) is 0 Å². The third kappa shape index (κ3) is 2.66. The Labute approximate surface area is 140 Å². The Kier molecular flexibility index (Phi) is 3.77. The SMILES string of the molecule is OC(C1=C/C(=C/c2ccncc2)c2ccccc21)c1ccncc1. The fraction of sp³-hybridized carbons (Fsp3) is 0.0476. The summed E-state index contributed by atoms with van der Waals surface area (Å²) in [5.41, 5.74) is 6.15. The van der Waals surface area contributed by atoms with Crippen molar-refractivity contribution < 1.29 is 5.11 Å². The molecule has 3 aromatic rings. The zero-order chi connectivity index (χ0) is 16.4. The topological polar surface area (TPSA) is 46.0 Å². The van der Waals surface area contributed by atoms with Gasteiger partial charge in [-0.25, -0.2) is 0 Å². The fourth-order valence-electron chi connectivity index (χ4n) is 3.02. The molecule has 0 saturated heterocycles. The van der Waals surface area contributed by atoms with Crippen LogP contribution in [0.3, 0.4) is 0 Å². The third-order valence-electron chi connectivity index (χ3n) is 4.20. The molecule has 1 N–H and O–H groups in total. The summed E-state index contributed by atoms with van der Waals surface area (Å²) >= 11 is 0. The monoisotopic (exact) mass is 312 g/mol. The van der Waals surface area contributed by atoms with Gasteiger partial charge in [-0.05, 0) is 69.8 Å². The number of allylic oxidation sites excluding steroid dienone is 2. The van der Waals surface area contributed by atoms with Crippen molar-refractivity contribution in [3.63, 3.8) is 0 Å². The van der Waals surface area contributed by atoms with Crippen molar-refractivity contribution in [3.05, 3.63) is 102 Å². The highest BCUT2D eigenvalue weighted by Crippen LogP contribution is 2.42. The Balaban J connectivity index is 1.80. The number of aliphatic hydroxyl groups excluding tert-OH is 1. The van der Waals surface area contributed by atoms with Crippen molar-refractivity contribution in [2.75, 3.05) is 0 Å². The lowest BCUT2D eigenvalue weighted by Crippen LogP contribution is -1.99. The molecule has 0 amide bonds. The van der Waals surface area contributed by atoms with Crippen LogP contribution >= 0.6 is 0 Å². The van der Waals surface area contributed by atoms with E-state index in [9.17, 15) is 5.11 Å². The number of hydrogen-bond donors (Lipinski definition) is 1. The molecule has 1 aromatic carbocycles.